The van der Waals surface area contributed by atoms with Crippen LogP contribution < -0.4 is 14.8 Å². The van der Waals surface area contributed by atoms with E-state index in [9.17, 15) is 9.59 Å². The Balaban J connectivity index is 1.51. The maximum absolute atomic E-state index is 12.7. The monoisotopic (exact) mass is 504 g/mol. The summed E-state index contributed by atoms with van der Waals surface area (Å²) in [6.45, 7) is 0.140. The Morgan fingerprint density at radius 1 is 0.889 bits per heavy atom. The lowest BCUT2D eigenvalue weighted by molar-refractivity contribution is -0.113. The molecule has 4 rings (SSSR count). The number of carbonyl (C=O) groups excluding carboxylic acids is 2. The van der Waals surface area contributed by atoms with E-state index in [0.717, 1.165) is 5.69 Å². The lowest BCUT2D eigenvalue weighted by Gasteiger charge is -2.13. The number of rotatable bonds is 10. The number of nitrogens with one attached hydrogen (secondary N) is 1. The van der Waals surface area contributed by atoms with E-state index in [1.54, 1.807) is 31.4 Å². The number of para-hydroxylation sites is 4. The fourth-order valence-corrected chi connectivity index (χ4v) is 4.17. The number of hydrogen-bond acceptors (Lipinski definition) is 8. The molecule has 0 saturated carbocycles. The van der Waals surface area contributed by atoms with E-state index in [1.165, 1.54) is 18.9 Å². The van der Waals surface area contributed by atoms with Crippen LogP contribution in [0.1, 0.15) is 16.2 Å². The van der Waals surface area contributed by atoms with E-state index in [-0.39, 0.29) is 23.8 Å². The number of amides is 1. The van der Waals surface area contributed by atoms with E-state index in [2.05, 4.69) is 15.5 Å². The van der Waals surface area contributed by atoms with Gasteiger partial charge in [0, 0.05) is 5.69 Å². The minimum atomic E-state index is -0.526. The minimum absolute atomic E-state index is 0.0494. The van der Waals surface area contributed by atoms with Crippen LogP contribution in [0.15, 0.2) is 84.0 Å². The normalized spacial score (nSPS) is 10.5. The Labute approximate surface area is 212 Å². The Morgan fingerprint density at radius 3 is 2.33 bits per heavy atom. The van der Waals surface area contributed by atoms with Crippen molar-refractivity contribution in [2.24, 2.45) is 0 Å². The molecule has 0 aliphatic heterocycles. The molecule has 10 heteroatoms. The third-order valence-electron chi connectivity index (χ3n) is 5.08. The molecule has 0 radical (unpaired) electrons. The van der Waals surface area contributed by atoms with Gasteiger partial charge in [0.05, 0.1) is 31.2 Å². The van der Waals surface area contributed by atoms with Crippen molar-refractivity contribution in [1.29, 1.82) is 0 Å². The lowest BCUT2D eigenvalue weighted by atomic mass is 10.2. The number of carbonyl (C=O) groups is 2. The average Bonchev–Trinajstić information content (AvgIpc) is 3.34. The Bertz CT molecular complexity index is 1340. The molecule has 0 fully saturated rings. The number of esters is 1. The van der Waals surface area contributed by atoms with Crippen molar-refractivity contribution in [1.82, 2.24) is 14.8 Å². The van der Waals surface area contributed by atoms with Crippen molar-refractivity contribution in [3.05, 3.63) is 90.3 Å². The zero-order valence-corrected chi connectivity index (χ0v) is 20.5. The predicted molar refractivity (Wildman–Crippen MR) is 136 cm³/mol. The highest BCUT2D eigenvalue weighted by molar-refractivity contribution is 7.99. The summed E-state index contributed by atoms with van der Waals surface area (Å²) in [5, 5.41) is 11.9. The first kappa shape index (κ1) is 24.8. The summed E-state index contributed by atoms with van der Waals surface area (Å²) in [4.78, 5) is 24.7. The van der Waals surface area contributed by atoms with Gasteiger partial charge in [0.15, 0.2) is 22.5 Å². The maximum Gasteiger partial charge on any atom is 0.339 e. The highest BCUT2D eigenvalue weighted by atomic mass is 32.2. The largest absolute Gasteiger partial charge is 0.493 e. The molecule has 36 heavy (non-hydrogen) atoms. The maximum atomic E-state index is 12.7. The van der Waals surface area contributed by atoms with Gasteiger partial charge in [-0.25, -0.2) is 4.79 Å². The van der Waals surface area contributed by atoms with E-state index >= 15 is 0 Å². The summed E-state index contributed by atoms with van der Waals surface area (Å²) in [5.74, 6) is 0.981. The molecule has 0 aliphatic carbocycles. The lowest BCUT2D eigenvalue weighted by Crippen LogP contribution is -2.17. The van der Waals surface area contributed by atoms with Gasteiger partial charge in [0.25, 0.3) is 0 Å². The van der Waals surface area contributed by atoms with Gasteiger partial charge in [-0.1, -0.05) is 54.2 Å². The van der Waals surface area contributed by atoms with Gasteiger partial charge >= 0.3 is 5.97 Å². The zero-order chi connectivity index (χ0) is 25.3. The van der Waals surface area contributed by atoms with Crippen molar-refractivity contribution in [2.45, 2.75) is 11.8 Å². The molecular formula is C26H24N4O5S. The van der Waals surface area contributed by atoms with E-state index in [4.69, 9.17) is 14.2 Å². The highest BCUT2D eigenvalue weighted by Crippen LogP contribution is 2.28. The van der Waals surface area contributed by atoms with Gasteiger partial charge in [-0.3, -0.25) is 9.36 Å². The van der Waals surface area contributed by atoms with Crippen molar-refractivity contribution in [3.63, 3.8) is 0 Å². The van der Waals surface area contributed by atoms with E-state index < -0.39 is 5.97 Å². The summed E-state index contributed by atoms with van der Waals surface area (Å²) < 4.78 is 17.9. The first-order chi connectivity index (χ1) is 17.6. The standard InChI is InChI=1S/C26H24N4O5S/c1-33-21-14-8-9-15-22(21)35-16-23-28-29-26(30(23)18-10-4-3-5-11-18)36-17-24(31)27-20-13-7-6-12-19(20)25(32)34-2/h3-15H,16-17H2,1-2H3,(H,27,31). The van der Waals surface area contributed by atoms with Gasteiger partial charge in [0.2, 0.25) is 5.91 Å². The second kappa shape index (κ2) is 11.9. The van der Waals surface area contributed by atoms with Crippen molar-refractivity contribution < 1.29 is 23.8 Å². The highest BCUT2D eigenvalue weighted by Gasteiger charge is 2.18. The zero-order valence-electron chi connectivity index (χ0n) is 19.7. The van der Waals surface area contributed by atoms with E-state index in [0.29, 0.717) is 28.2 Å². The molecule has 0 atom stereocenters. The topological polar surface area (TPSA) is 105 Å². The third-order valence-corrected chi connectivity index (χ3v) is 6.01. The van der Waals surface area contributed by atoms with Crippen LogP contribution in [0.5, 0.6) is 11.5 Å². The molecular weight excluding hydrogens is 480 g/mol. The van der Waals surface area contributed by atoms with Gasteiger partial charge in [-0.05, 0) is 36.4 Å². The van der Waals surface area contributed by atoms with Gasteiger partial charge in [0.1, 0.15) is 6.61 Å². The number of ether oxygens (including phenoxy) is 3. The molecule has 0 saturated heterocycles. The van der Waals surface area contributed by atoms with Gasteiger partial charge < -0.3 is 19.5 Å². The van der Waals surface area contributed by atoms with Crippen LogP contribution in [0.4, 0.5) is 5.69 Å². The van der Waals surface area contributed by atoms with Crippen LogP contribution in [0.2, 0.25) is 0 Å². The van der Waals surface area contributed by atoms with E-state index in [1.807, 2.05) is 59.2 Å². The average molecular weight is 505 g/mol. The number of benzene rings is 3. The smallest absolute Gasteiger partial charge is 0.339 e. The Kier molecular flexibility index (Phi) is 8.20. The Hall–Kier alpha value is -4.31. The first-order valence-electron chi connectivity index (χ1n) is 11.0. The van der Waals surface area contributed by atoms with Crippen molar-refractivity contribution in [2.75, 3.05) is 25.3 Å². The van der Waals surface area contributed by atoms with Crippen LogP contribution in [-0.4, -0.2) is 46.6 Å². The predicted octanol–water partition coefficient (Wildman–Crippen LogP) is 4.37. The molecule has 184 valence electrons. The molecule has 9 nitrogen and oxygen atoms in total. The fraction of sp³-hybridized carbons (Fsp3) is 0.154. The summed E-state index contributed by atoms with van der Waals surface area (Å²) in [5.41, 5.74) is 1.49. The fourth-order valence-electron chi connectivity index (χ4n) is 3.40. The summed E-state index contributed by atoms with van der Waals surface area (Å²) >= 11 is 1.22. The van der Waals surface area contributed by atoms with Crippen LogP contribution in [0, 0.1) is 0 Å². The SMILES string of the molecule is COC(=O)c1ccccc1NC(=O)CSc1nnc(COc2ccccc2OC)n1-c1ccccc1. The molecule has 0 aliphatic rings. The van der Waals surface area contributed by atoms with Gasteiger partial charge in [-0.2, -0.15) is 0 Å². The molecule has 0 spiro atoms. The molecule has 0 unspecified atom stereocenters. The van der Waals surface area contributed by atoms with Crippen molar-refractivity contribution in [3.8, 4) is 17.2 Å². The molecule has 0 bridgehead atoms. The minimum Gasteiger partial charge on any atom is -0.493 e. The molecule has 1 heterocycles. The first-order valence-corrected chi connectivity index (χ1v) is 11.9. The van der Waals surface area contributed by atoms with Gasteiger partial charge in [-0.15, -0.1) is 10.2 Å². The molecule has 1 N–H and O–H groups in total. The quantitative estimate of drug-likeness (QED) is 0.251. The molecule has 4 aromatic rings. The summed E-state index contributed by atoms with van der Waals surface area (Å²) in [6.07, 6.45) is 0. The molecule has 1 amide bonds. The molecule has 3 aromatic carbocycles. The number of methoxy groups -OCH3 is 2. The second-order valence-corrected chi connectivity index (χ2v) is 8.33. The number of hydrogen-bond donors (Lipinski definition) is 1. The number of aromatic nitrogens is 3. The summed E-state index contributed by atoms with van der Waals surface area (Å²) in [6, 6.07) is 23.6. The Morgan fingerprint density at radius 2 is 1.58 bits per heavy atom. The van der Waals surface area contributed by atoms with Crippen LogP contribution >= 0.6 is 11.8 Å². The van der Waals surface area contributed by atoms with Crippen LogP contribution in [0.25, 0.3) is 5.69 Å². The number of thioether (sulfide) groups is 1. The van der Waals surface area contributed by atoms with Crippen molar-refractivity contribution >= 4 is 29.3 Å². The number of nitrogens with zero attached hydrogens (tertiary/aromatic N) is 3. The third kappa shape index (κ3) is 5.84. The second-order valence-electron chi connectivity index (χ2n) is 7.38. The van der Waals surface area contributed by atoms with Crippen LogP contribution in [-0.2, 0) is 16.1 Å². The number of anilines is 1. The van der Waals surface area contributed by atoms with Crippen LogP contribution in [0.3, 0.4) is 0 Å². The molecule has 1 aromatic heterocycles. The summed E-state index contributed by atoms with van der Waals surface area (Å²) in [7, 11) is 2.88.